The number of halogens is 2. The monoisotopic (exact) mass is 502 g/mol. The molecule has 1 N–H and O–H groups in total. The van der Waals surface area contributed by atoms with Gasteiger partial charge < -0.3 is 24.4 Å². The summed E-state index contributed by atoms with van der Waals surface area (Å²) in [5.74, 6) is 0.745. The second-order valence-electron chi connectivity index (χ2n) is 7.44. The van der Waals surface area contributed by atoms with Crippen LogP contribution in [-0.4, -0.2) is 65.3 Å². The number of piperazine rings is 1. The summed E-state index contributed by atoms with van der Waals surface area (Å²) in [7, 11) is 1.29. The van der Waals surface area contributed by atoms with Crippen LogP contribution in [0.2, 0.25) is 10.0 Å². The molecule has 4 rings (SSSR count). The second kappa shape index (κ2) is 10.1. The molecule has 1 saturated heterocycles. The highest BCUT2D eigenvalue weighted by molar-refractivity contribution is 6.35. The highest BCUT2D eigenvalue weighted by Crippen LogP contribution is 2.30. The number of methoxy groups -OCH3 is 1. The van der Waals surface area contributed by atoms with Crippen molar-refractivity contribution in [3.63, 3.8) is 0 Å². The molecule has 0 bridgehead atoms. The maximum Gasteiger partial charge on any atom is 0.407 e. The zero-order valence-corrected chi connectivity index (χ0v) is 19.6. The number of hydrogen-bond acceptors (Lipinski definition) is 7. The van der Waals surface area contributed by atoms with Gasteiger partial charge in [-0.15, -0.1) is 0 Å². The number of pyridine rings is 2. The van der Waals surface area contributed by atoms with E-state index >= 15 is 0 Å². The molecule has 1 aromatic carbocycles. The van der Waals surface area contributed by atoms with E-state index in [1.165, 1.54) is 18.1 Å². The van der Waals surface area contributed by atoms with Crippen LogP contribution in [-0.2, 0) is 4.74 Å². The third kappa shape index (κ3) is 5.49. The van der Waals surface area contributed by atoms with Crippen LogP contribution in [0.4, 0.5) is 10.6 Å². The number of anilines is 1. The third-order valence-electron chi connectivity index (χ3n) is 5.20. The molecule has 0 atom stereocenters. The molecule has 9 nitrogen and oxygen atoms in total. The maximum absolute atomic E-state index is 12.2. The molecule has 11 heteroatoms. The fourth-order valence-electron chi connectivity index (χ4n) is 3.51. The van der Waals surface area contributed by atoms with E-state index in [9.17, 15) is 9.59 Å². The molecular formula is C23H20Cl2N4O5. The average molecular weight is 503 g/mol. The minimum Gasteiger partial charge on any atom is -0.465 e. The van der Waals surface area contributed by atoms with Crippen LogP contribution < -0.4 is 9.64 Å². The van der Waals surface area contributed by atoms with Crippen molar-refractivity contribution in [2.24, 2.45) is 0 Å². The van der Waals surface area contributed by atoms with Gasteiger partial charge in [0.2, 0.25) is 5.88 Å². The molecular weight excluding hydrogens is 483 g/mol. The van der Waals surface area contributed by atoms with Gasteiger partial charge in [0.1, 0.15) is 11.6 Å². The SMILES string of the molecule is COC(=O)c1cc(Oc2ccc(N3CCN(C(=O)O)CC3)nc2)nc(-c2cc(Cl)cc(Cl)c2)c1. The minimum atomic E-state index is -0.919. The van der Waals surface area contributed by atoms with Crippen molar-refractivity contribution in [2.75, 3.05) is 38.2 Å². The van der Waals surface area contributed by atoms with Crippen LogP contribution in [0, 0.1) is 0 Å². The van der Waals surface area contributed by atoms with Crippen molar-refractivity contribution >= 4 is 41.1 Å². The van der Waals surface area contributed by atoms with E-state index in [0.29, 0.717) is 59.0 Å². The Hall–Kier alpha value is -3.56. The van der Waals surface area contributed by atoms with E-state index in [-0.39, 0.29) is 11.4 Å². The van der Waals surface area contributed by atoms with Gasteiger partial charge in [-0.3, -0.25) is 0 Å². The van der Waals surface area contributed by atoms with Crippen LogP contribution in [0.1, 0.15) is 10.4 Å². The number of hydrogen-bond donors (Lipinski definition) is 1. The summed E-state index contributed by atoms with van der Waals surface area (Å²) in [6.45, 7) is 1.92. The van der Waals surface area contributed by atoms with Gasteiger partial charge in [0.25, 0.3) is 0 Å². The summed E-state index contributed by atoms with van der Waals surface area (Å²) in [6, 6.07) is 11.5. The Kier molecular flexibility index (Phi) is 7.04. The number of carbonyl (C=O) groups is 2. The van der Waals surface area contributed by atoms with Crippen LogP contribution in [0.25, 0.3) is 11.3 Å². The fourth-order valence-corrected chi connectivity index (χ4v) is 4.04. The van der Waals surface area contributed by atoms with Crippen molar-refractivity contribution in [1.29, 1.82) is 0 Å². The van der Waals surface area contributed by atoms with E-state index in [4.69, 9.17) is 37.8 Å². The molecule has 176 valence electrons. The molecule has 3 heterocycles. The van der Waals surface area contributed by atoms with Gasteiger partial charge in [-0.25, -0.2) is 19.6 Å². The summed E-state index contributed by atoms with van der Waals surface area (Å²) >= 11 is 12.2. The zero-order chi connectivity index (χ0) is 24.2. The first-order valence-electron chi connectivity index (χ1n) is 10.3. The summed E-state index contributed by atoms with van der Waals surface area (Å²) in [5, 5.41) is 9.95. The van der Waals surface area contributed by atoms with E-state index in [1.54, 1.807) is 42.6 Å². The van der Waals surface area contributed by atoms with Gasteiger partial charge in [0, 0.05) is 47.9 Å². The zero-order valence-electron chi connectivity index (χ0n) is 18.1. The number of benzene rings is 1. The molecule has 1 amide bonds. The lowest BCUT2D eigenvalue weighted by Gasteiger charge is -2.33. The van der Waals surface area contributed by atoms with Gasteiger partial charge in [-0.1, -0.05) is 23.2 Å². The Morgan fingerprint density at radius 3 is 2.29 bits per heavy atom. The lowest BCUT2D eigenvalue weighted by molar-refractivity contribution is 0.0600. The Balaban J connectivity index is 1.56. The normalized spacial score (nSPS) is 13.5. The largest absolute Gasteiger partial charge is 0.465 e. The van der Waals surface area contributed by atoms with Gasteiger partial charge in [-0.05, 0) is 36.4 Å². The first-order chi connectivity index (χ1) is 16.3. The number of nitrogens with zero attached hydrogens (tertiary/aromatic N) is 4. The van der Waals surface area contributed by atoms with E-state index in [1.807, 2.05) is 4.90 Å². The molecule has 1 aliphatic rings. The molecule has 3 aromatic rings. The summed E-state index contributed by atoms with van der Waals surface area (Å²) < 4.78 is 10.7. The number of carbonyl (C=O) groups excluding carboxylic acids is 1. The van der Waals surface area contributed by atoms with Crippen molar-refractivity contribution < 1.29 is 24.2 Å². The topological polar surface area (TPSA) is 105 Å². The number of ether oxygens (including phenoxy) is 2. The van der Waals surface area contributed by atoms with E-state index < -0.39 is 12.1 Å². The minimum absolute atomic E-state index is 0.165. The Bertz CT molecular complexity index is 1190. The Morgan fingerprint density at radius 2 is 1.71 bits per heavy atom. The van der Waals surface area contributed by atoms with E-state index in [0.717, 1.165) is 0 Å². The summed E-state index contributed by atoms with van der Waals surface area (Å²) in [5.41, 5.74) is 1.30. The second-order valence-corrected chi connectivity index (χ2v) is 8.31. The quantitative estimate of drug-likeness (QED) is 0.494. The number of aromatic nitrogens is 2. The molecule has 0 spiro atoms. The molecule has 34 heavy (non-hydrogen) atoms. The summed E-state index contributed by atoms with van der Waals surface area (Å²) in [6.07, 6.45) is 0.624. The fraction of sp³-hybridized carbons (Fsp3) is 0.217. The molecule has 0 aliphatic carbocycles. The summed E-state index contributed by atoms with van der Waals surface area (Å²) in [4.78, 5) is 35.6. The Morgan fingerprint density at radius 1 is 1.00 bits per heavy atom. The predicted molar refractivity (Wildman–Crippen MR) is 127 cm³/mol. The first-order valence-corrected chi connectivity index (χ1v) is 11.0. The maximum atomic E-state index is 12.2. The predicted octanol–water partition coefficient (Wildman–Crippen LogP) is 4.83. The van der Waals surface area contributed by atoms with Crippen molar-refractivity contribution in [1.82, 2.24) is 14.9 Å². The smallest absolute Gasteiger partial charge is 0.407 e. The third-order valence-corrected chi connectivity index (χ3v) is 5.64. The molecule has 0 saturated carbocycles. The lowest BCUT2D eigenvalue weighted by atomic mass is 10.1. The van der Waals surface area contributed by atoms with Gasteiger partial charge in [-0.2, -0.15) is 0 Å². The van der Waals surface area contributed by atoms with Crippen LogP contribution in [0.15, 0.2) is 48.7 Å². The van der Waals surface area contributed by atoms with Gasteiger partial charge in [0.05, 0.1) is 24.6 Å². The van der Waals surface area contributed by atoms with Crippen molar-refractivity contribution in [3.05, 3.63) is 64.3 Å². The number of carboxylic acid groups (broad SMARTS) is 1. The molecule has 2 aromatic heterocycles. The molecule has 1 fully saturated rings. The molecule has 0 unspecified atom stereocenters. The van der Waals surface area contributed by atoms with Crippen LogP contribution in [0.5, 0.6) is 11.6 Å². The van der Waals surface area contributed by atoms with Gasteiger partial charge in [0.15, 0.2) is 0 Å². The molecule has 1 aliphatic heterocycles. The first kappa shape index (κ1) is 23.6. The van der Waals surface area contributed by atoms with Gasteiger partial charge >= 0.3 is 12.1 Å². The number of esters is 1. The van der Waals surface area contributed by atoms with E-state index in [2.05, 4.69) is 9.97 Å². The van der Waals surface area contributed by atoms with Crippen molar-refractivity contribution in [3.8, 4) is 22.9 Å². The lowest BCUT2D eigenvalue weighted by Crippen LogP contribution is -2.48. The van der Waals surface area contributed by atoms with Crippen molar-refractivity contribution in [2.45, 2.75) is 0 Å². The average Bonchev–Trinajstić information content (AvgIpc) is 2.83. The highest BCUT2D eigenvalue weighted by Gasteiger charge is 2.21. The number of amides is 1. The standard InChI is InChI=1S/C23H20Cl2N4O5/c1-33-22(30)15-10-19(14-8-16(24)12-17(25)9-14)27-21(11-15)34-18-2-3-20(26-13-18)28-4-6-29(7-5-28)23(31)32/h2-3,8-13H,4-7H2,1H3,(H,31,32). The van der Waals surface area contributed by atoms with Crippen LogP contribution in [0.3, 0.4) is 0 Å². The Labute approximate surface area is 205 Å². The highest BCUT2D eigenvalue weighted by atomic mass is 35.5. The molecule has 0 radical (unpaired) electrons. The van der Waals surface area contributed by atoms with Crippen LogP contribution >= 0.6 is 23.2 Å². The number of rotatable bonds is 5.